The number of halogens is 1. The number of benzene rings is 1. The van der Waals surface area contributed by atoms with Crippen LogP contribution in [0.2, 0.25) is 0 Å². The predicted molar refractivity (Wildman–Crippen MR) is 73.1 cm³/mol. The Morgan fingerprint density at radius 1 is 1.35 bits per heavy atom. The Kier molecular flexibility index (Phi) is 4.06. The van der Waals surface area contributed by atoms with Crippen LogP contribution < -0.4 is 4.72 Å². The van der Waals surface area contributed by atoms with Crippen molar-refractivity contribution in [3.63, 3.8) is 0 Å². The van der Waals surface area contributed by atoms with Crippen molar-refractivity contribution in [2.24, 2.45) is 5.92 Å². The average molecular weight is 367 g/mol. The first-order valence-corrected chi connectivity index (χ1v) is 7.98. The number of aliphatic hydroxyl groups excluding tert-OH is 1. The molecule has 4 nitrogen and oxygen atoms in total. The average Bonchev–Trinajstić information content (AvgIpc) is 3.10. The van der Waals surface area contributed by atoms with Gasteiger partial charge in [-0.25, -0.2) is 13.1 Å². The molecular formula is C11H14INO3S. The minimum Gasteiger partial charge on any atom is -0.391 e. The third-order valence-electron chi connectivity index (χ3n) is 2.77. The highest BCUT2D eigenvalue weighted by Gasteiger charge is 2.30. The van der Waals surface area contributed by atoms with Crippen LogP contribution in [-0.2, 0) is 10.0 Å². The summed E-state index contributed by atoms with van der Waals surface area (Å²) in [7, 11) is -3.49. The number of nitrogens with one attached hydrogen (secondary N) is 1. The Bertz CT molecular complexity index is 482. The van der Waals surface area contributed by atoms with Gasteiger partial charge in [0.05, 0.1) is 11.0 Å². The molecule has 0 amide bonds. The summed E-state index contributed by atoms with van der Waals surface area (Å²) >= 11 is 2.12. The standard InChI is InChI=1S/C11H14INO3S/c12-9-3-5-10(6-4-9)17(15,16)13-7-11(14)8-1-2-8/h3-6,8,11,13-14H,1-2,7H2. The molecule has 17 heavy (non-hydrogen) atoms. The molecule has 6 heteroatoms. The van der Waals surface area contributed by atoms with Crippen LogP contribution in [-0.4, -0.2) is 26.2 Å². The summed E-state index contributed by atoms with van der Waals surface area (Å²) in [6.45, 7) is 0.0962. The third kappa shape index (κ3) is 3.64. The Morgan fingerprint density at radius 3 is 2.47 bits per heavy atom. The minimum atomic E-state index is -3.49. The van der Waals surface area contributed by atoms with E-state index in [0.717, 1.165) is 16.4 Å². The van der Waals surface area contributed by atoms with E-state index in [-0.39, 0.29) is 17.4 Å². The van der Waals surface area contributed by atoms with Crippen molar-refractivity contribution in [3.8, 4) is 0 Å². The van der Waals surface area contributed by atoms with Crippen molar-refractivity contribution >= 4 is 32.6 Å². The van der Waals surface area contributed by atoms with Crippen molar-refractivity contribution in [3.05, 3.63) is 27.8 Å². The summed E-state index contributed by atoms with van der Waals surface area (Å²) in [5.74, 6) is 0.273. The van der Waals surface area contributed by atoms with E-state index in [4.69, 9.17) is 0 Å². The number of rotatable bonds is 5. The fourth-order valence-electron chi connectivity index (χ4n) is 1.54. The van der Waals surface area contributed by atoms with E-state index in [0.29, 0.717) is 0 Å². The molecule has 0 bridgehead atoms. The second kappa shape index (κ2) is 5.21. The van der Waals surface area contributed by atoms with Crippen LogP contribution in [0.5, 0.6) is 0 Å². The second-order valence-electron chi connectivity index (χ2n) is 4.21. The largest absolute Gasteiger partial charge is 0.391 e. The maximum Gasteiger partial charge on any atom is 0.240 e. The molecule has 0 aromatic heterocycles. The molecule has 2 N–H and O–H groups in total. The van der Waals surface area contributed by atoms with Crippen molar-refractivity contribution in [1.82, 2.24) is 4.72 Å². The van der Waals surface area contributed by atoms with Crippen LogP contribution in [0.15, 0.2) is 29.2 Å². The van der Waals surface area contributed by atoms with E-state index in [9.17, 15) is 13.5 Å². The number of aliphatic hydroxyl groups is 1. The van der Waals surface area contributed by atoms with Crippen LogP contribution >= 0.6 is 22.6 Å². The lowest BCUT2D eigenvalue weighted by Crippen LogP contribution is -2.33. The molecule has 1 aromatic carbocycles. The van der Waals surface area contributed by atoms with Gasteiger partial charge in [-0.05, 0) is 65.6 Å². The Morgan fingerprint density at radius 2 is 1.94 bits per heavy atom. The highest BCUT2D eigenvalue weighted by atomic mass is 127. The smallest absolute Gasteiger partial charge is 0.240 e. The van der Waals surface area contributed by atoms with Crippen molar-refractivity contribution in [1.29, 1.82) is 0 Å². The molecule has 1 aliphatic carbocycles. The van der Waals surface area contributed by atoms with Crippen LogP contribution in [0.4, 0.5) is 0 Å². The van der Waals surface area contributed by atoms with E-state index < -0.39 is 16.1 Å². The maximum absolute atomic E-state index is 11.9. The second-order valence-corrected chi connectivity index (χ2v) is 7.22. The zero-order valence-electron chi connectivity index (χ0n) is 9.14. The molecule has 0 heterocycles. The summed E-state index contributed by atoms with van der Waals surface area (Å²) in [6, 6.07) is 6.61. The first-order valence-electron chi connectivity index (χ1n) is 5.42. The molecule has 1 unspecified atom stereocenters. The van der Waals surface area contributed by atoms with Crippen molar-refractivity contribution in [2.75, 3.05) is 6.54 Å². The van der Waals surface area contributed by atoms with Gasteiger partial charge in [-0.3, -0.25) is 0 Å². The first-order chi connectivity index (χ1) is 7.99. The molecule has 1 atom stereocenters. The van der Waals surface area contributed by atoms with Crippen LogP contribution in [0.25, 0.3) is 0 Å². The highest BCUT2D eigenvalue weighted by molar-refractivity contribution is 14.1. The van der Waals surface area contributed by atoms with Gasteiger partial charge >= 0.3 is 0 Å². The molecule has 1 saturated carbocycles. The molecule has 1 aliphatic rings. The van der Waals surface area contributed by atoms with E-state index in [2.05, 4.69) is 27.3 Å². The molecule has 0 spiro atoms. The van der Waals surface area contributed by atoms with E-state index in [1.165, 1.54) is 0 Å². The van der Waals surface area contributed by atoms with Crippen LogP contribution in [0.1, 0.15) is 12.8 Å². The Balaban J connectivity index is 2.00. The van der Waals surface area contributed by atoms with E-state index in [1.807, 2.05) is 0 Å². The highest BCUT2D eigenvalue weighted by Crippen LogP contribution is 2.32. The molecule has 0 radical (unpaired) electrons. The molecule has 1 fully saturated rings. The van der Waals surface area contributed by atoms with Gasteiger partial charge in [0.15, 0.2) is 0 Å². The lowest BCUT2D eigenvalue weighted by molar-refractivity contribution is 0.155. The number of hydrogen-bond acceptors (Lipinski definition) is 3. The maximum atomic E-state index is 11.9. The zero-order chi connectivity index (χ0) is 12.5. The summed E-state index contributed by atoms with van der Waals surface area (Å²) < 4.78 is 27.2. The normalized spacial score (nSPS) is 18.0. The van der Waals surface area contributed by atoms with Gasteiger partial charge in [0.1, 0.15) is 0 Å². The molecule has 94 valence electrons. The summed E-state index contributed by atoms with van der Waals surface area (Å²) in [6.07, 6.45) is 1.42. The molecule has 0 aliphatic heterocycles. The molecule has 1 aromatic rings. The van der Waals surface area contributed by atoms with Crippen molar-refractivity contribution < 1.29 is 13.5 Å². The SMILES string of the molecule is O=S(=O)(NCC(O)C1CC1)c1ccc(I)cc1. The fourth-order valence-corrected chi connectivity index (χ4v) is 2.95. The fraction of sp³-hybridized carbons (Fsp3) is 0.455. The summed E-state index contributed by atoms with van der Waals surface area (Å²) in [5, 5.41) is 9.62. The van der Waals surface area contributed by atoms with Gasteiger partial charge in [-0.2, -0.15) is 0 Å². The van der Waals surface area contributed by atoms with E-state index in [1.54, 1.807) is 24.3 Å². The van der Waals surface area contributed by atoms with Gasteiger partial charge in [0.2, 0.25) is 10.0 Å². The number of hydrogen-bond donors (Lipinski definition) is 2. The Labute approximate surface area is 115 Å². The van der Waals surface area contributed by atoms with Gasteiger partial charge in [-0.1, -0.05) is 0 Å². The summed E-state index contributed by atoms with van der Waals surface area (Å²) in [5.41, 5.74) is 0. The molecular weight excluding hydrogens is 353 g/mol. The van der Waals surface area contributed by atoms with Gasteiger partial charge < -0.3 is 5.11 Å². The number of sulfonamides is 1. The van der Waals surface area contributed by atoms with Crippen LogP contribution in [0, 0.1) is 9.49 Å². The lowest BCUT2D eigenvalue weighted by Gasteiger charge is -2.11. The minimum absolute atomic E-state index is 0.0962. The van der Waals surface area contributed by atoms with Crippen LogP contribution in [0.3, 0.4) is 0 Å². The molecule has 0 saturated heterocycles. The predicted octanol–water partition coefficient (Wildman–Crippen LogP) is 1.34. The summed E-state index contributed by atoms with van der Waals surface area (Å²) in [4.78, 5) is 0.237. The van der Waals surface area contributed by atoms with Crippen molar-refractivity contribution in [2.45, 2.75) is 23.8 Å². The van der Waals surface area contributed by atoms with Gasteiger partial charge in [-0.15, -0.1) is 0 Å². The first kappa shape index (κ1) is 13.3. The Hall–Kier alpha value is -0.180. The van der Waals surface area contributed by atoms with Gasteiger partial charge in [0, 0.05) is 10.1 Å². The monoisotopic (exact) mass is 367 g/mol. The topological polar surface area (TPSA) is 66.4 Å². The molecule has 2 rings (SSSR count). The zero-order valence-corrected chi connectivity index (χ0v) is 12.1. The quantitative estimate of drug-likeness (QED) is 0.772. The lowest BCUT2D eigenvalue weighted by atomic mass is 10.2. The third-order valence-corrected chi connectivity index (χ3v) is 4.93. The van der Waals surface area contributed by atoms with E-state index >= 15 is 0 Å². The van der Waals surface area contributed by atoms with Gasteiger partial charge in [0.25, 0.3) is 0 Å².